The Bertz CT molecular complexity index is 585. The van der Waals surface area contributed by atoms with Crippen LogP contribution in [0.25, 0.3) is 0 Å². The van der Waals surface area contributed by atoms with Gasteiger partial charge in [-0.05, 0) is 37.7 Å². The monoisotopic (exact) mass is 371 g/mol. The maximum Gasteiger partial charge on any atom is 0.329 e. The van der Waals surface area contributed by atoms with Gasteiger partial charge in [-0.25, -0.2) is 5.43 Å². The van der Waals surface area contributed by atoms with Crippen LogP contribution in [0.5, 0.6) is 0 Å². The molecule has 0 unspecified atom stereocenters. The highest BCUT2D eigenvalue weighted by Crippen LogP contribution is 2.15. The van der Waals surface area contributed by atoms with Gasteiger partial charge in [0, 0.05) is 12.3 Å². The largest absolute Gasteiger partial charge is 0.347 e. The summed E-state index contributed by atoms with van der Waals surface area (Å²) < 4.78 is 0. The predicted octanol–water partition coefficient (Wildman–Crippen LogP) is 4.12. The van der Waals surface area contributed by atoms with E-state index in [0.717, 1.165) is 37.0 Å². The Morgan fingerprint density at radius 1 is 0.778 bits per heavy atom. The van der Waals surface area contributed by atoms with Crippen molar-refractivity contribution in [2.24, 2.45) is 5.10 Å². The third-order valence-electron chi connectivity index (χ3n) is 4.99. The molecule has 2 amide bonds. The van der Waals surface area contributed by atoms with E-state index in [2.05, 4.69) is 15.8 Å². The molecule has 1 fully saturated rings. The molecular formula is C22H33N3O2. The van der Waals surface area contributed by atoms with E-state index < -0.39 is 11.8 Å². The Morgan fingerprint density at radius 2 is 1.33 bits per heavy atom. The van der Waals surface area contributed by atoms with Crippen LogP contribution in [-0.4, -0.2) is 24.1 Å². The van der Waals surface area contributed by atoms with Crippen molar-refractivity contribution in [2.45, 2.75) is 77.0 Å². The number of benzene rings is 1. The van der Waals surface area contributed by atoms with E-state index in [0.29, 0.717) is 13.0 Å². The topological polar surface area (TPSA) is 70.6 Å². The summed E-state index contributed by atoms with van der Waals surface area (Å²) in [6, 6.07) is 9.88. The van der Waals surface area contributed by atoms with Crippen LogP contribution in [0.3, 0.4) is 0 Å². The Labute approximate surface area is 163 Å². The molecule has 1 aromatic carbocycles. The van der Waals surface area contributed by atoms with Gasteiger partial charge >= 0.3 is 11.8 Å². The fourth-order valence-corrected chi connectivity index (χ4v) is 3.36. The number of hydrogen-bond donors (Lipinski definition) is 2. The van der Waals surface area contributed by atoms with Gasteiger partial charge in [0.25, 0.3) is 0 Å². The number of nitrogens with zero attached hydrogens (tertiary/aromatic N) is 1. The average molecular weight is 372 g/mol. The van der Waals surface area contributed by atoms with Gasteiger partial charge in [-0.3, -0.25) is 9.59 Å². The van der Waals surface area contributed by atoms with Gasteiger partial charge < -0.3 is 5.32 Å². The van der Waals surface area contributed by atoms with Crippen molar-refractivity contribution in [3.63, 3.8) is 0 Å². The maximum atomic E-state index is 12.0. The molecule has 27 heavy (non-hydrogen) atoms. The zero-order chi connectivity index (χ0) is 19.2. The first-order valence-electron chi connectivity index (χ1n) is 10.4. The number of hydrazone groups is 1. The van der Waals surface area contributed by atoms with E-state index in [4.69, 9.17) is 0 Å². The SMILES string of the molecule is O=C(NCCc1ccccc1)C(=O)NN=C1CCCCCCCCCCC1. The molecule has 1 aliphatic rings. The maximum absolute atomic E-state index is 12.0. The lowest BCUT2D eigenvalue weighted by Crippen LogP contribution is -2.39. The summed E-state index contributed by atoms with van der Waals surface area (Å²) in [5, 5.41) is 6.91. The molecule has 148 valence electrons. The summed E-state index contributed by atoms with van der Waals surface area (Å²) in [6.45, 7) is 0.437. The van der Waals surface area contributed by atoms with Gasteiger partial charge in [0.1, 0.15) is 0 Å². The second-order valence-corrected chi connectivity index (χ2v) is 7.29. The van der Waals surface area contributed by atoms with E-state index in [9.17, 15) is 9.59 Å². The lowest BCUT2D eigenvalue weighted by molar-refractivity contribution is -0.139. The summed E-state index contributed by atoms with van der Waals surface area (Å²) in [5.41, 5.74) is 4.60. The number of hydrogen-bond acceptors (Lipinski definition) is 3. The lowest BCUT2D eigenvalue weighted by atomic mass is 10.00. The molecule has 0 bridgehead atoms. The molecule has 0 heterocycles. The molecule has 2 N–H and O–H groups in total. The van der Waals surface area contributed by atoms with Crippen LogP contribution in [0.1, 0.15) is 76.2 Å². The molecule has 1 saturated carbocycles. The van der Waals surface area contributed by atoms with Crippen molar-refractivity contribution in [2.75, 3.05) is 6.54 Å². The third-order valence-corrected chi connectivity index (χ3v) is 4.99. The molecular weight excluding hydrogens is 338 g/mol. The van der Waals surface area contributed by atoms with E-state index in [1.165, 1.54) is 44.9 Å². The van der Waals surface area contributed by atoms with Crippen LogP contribution >= 0.6 is 0 Å². The van der Waals surface area contributed by atoms with Gasteiger partial charge in [0.05, 0.1) is 0 Å². The molecule has 0 aromatic heterocycles. The number of amides is 2. The van der Waals surface area contributed by atoms with E-state index in [1.807, 2.05) is 30.3 Å². The lowest BCUT2D eigenvalue weighted by Gasteiger charge is -2.10. The van der Waals surface area contributed by atoms with Crippen molar-refractivity contribution < 1.29 is 9.59 Å². The standard InChI is InChI=1S/C22H33N3O2/c26-21(23-18-17-19-13-9-8-10-14-19)22(27)25-24-20-15-11-6-4-2-1-3-5-7-12-16-20/h8-10,13-14H,1-7,11-12,15-18H2,(H,23,26)(H,25,27). The Kier molecular flexibility index (Phi) is 10.2. The second-order valence-electron chi connectivity index (χ2n) is 7.29. The zero-order valence-corrected chi connectivity index (χ0v) is 16.3. The summed E-state index contributed by atoms with van der Waals surface area (Å²) >= 11 is 0. The van der Waals surface area contributed by atoms with Crippen LogP contribution in [0, 0.1) is 0 Å². The molecule has 2 rings (SSSR count). The Morgan fingerprint density at radius 3 is 1.93 bits per heavy atom. The van der Waals surface area contributed by atoms with Crippen LogP contribution in [0.2, 0.25) is 0 Å². The molecule has 0 saturated heterocycles. The van der Waals surface area contributed by atoms with Crippen LogP contribution < -0.4 is 10.7 Å². The smallest absolute Gasteiger partial charge is 0.329 e. The first-order valence-corrected chi connectivity index (χ1v) is 10.4. The quantitative estimate of drug-likeness (QED) is 0.617. The highest BCUT2D eigenvalue weighted by atomic mass is 16.2. The number of rotatable bonds is 4. The first kappa shape index (κ1) is 21.1. The predicted molar refractivity (Wildman–Crippen MR) is 110 cm³/mol. The minimum Gasteiger partial charge on any atom is -0.347 e. The molecule has 0 atom stereocenters. The Hall–Kier alpha value is -2.17. The molecule has 5 nitrogen and oxygen atoms in total. The van der Waals surface area contributed by atoms with Crippen molar-refractivity contribution in [3.05, 3.63) is 35.9 Å². The van der Waals surface area contributed by atoms with Crippen molar-refractivity contribution in [3.8, 4) is 0 Å². The third kappa shape index (κ3) is 9.36. The van der Waals surface area contributed by atoms with E-state index in [-0.39, 0.29) is 0 Å². The summed E-state index contributed by atoms with van der Waals surface area (Å²) in [5.74, 6) is -1.30. The van der Waals surface area contributed by atoms with Gasteiger partial charge in [-0.1, -0.05) is 75.3 Å². The van der Waals surface area contributed by atoms with E-state index in [1.54, 1.807) is 0 Å². The molecule has 0 aliphatic heterocycles. The van der Waals surface area contributed by atoms with E-state index >= 15 is 0 Å². The summed E-state index contributed by atoms with van der Waals surface area (Å²) in [7, 11) is 0. The van der Waals surface area contributed by atoms with Crippen molar-refractivity contribution >= 4 is 17.5 Å². The van der Waals surface area contributed by atoms with Crippen molar-refractivity contribution in [1.82, 2.24) is 10.7 Å². The normalized spacial score (nSPS) is 16.5. The number of nitrogens with one attached hydrogen (secondary N) is 2. The van der Waals surface area contributed by atoms with Crippen LogP contribution in [-0.2, 0) is 16.0 Å². The first-order chi connectivity index (χ1) is 13.3. The minimum atomic E-state index is -0.679. The van der Waals surface area contributed by atoms with Gasteiger partial charge in [0.2, 0.25) is 0 Å². The summed E-state index contributed by atoms with van der Waals surface area (Å²) in [6.07, 6.45) is 13.7. The fraction of sp³-hybridized carbons (Fsp3) is 0.591. The number of carbonyl (C=O) groups excluding carboxylic acids is 2. The van der Waals surface area contributed by atoms with Gasteiger partial charge in [-0.2, -0.15) is 5.10 Å². The molecule has 0 radical (unpaired) electrons. The fourth-order valence-electron chi connectivity index (χ4n) is 3.36. The highest BCUT2D eigenvalue weighted by molar-refractivity contribution is 6.35. The van der Waals surface area contributed by atoms with Crippen molar-refractivity contribution in [1.29, 1.82) is 0 Å². The second kappa shape index (κ2) is 13.1. The minimum absolute atomic E-state index is 0.437. The highest BCUT2D eigenvalue weighted by Gasteiger charge is 2.12. The molecule has 5 heteroatoms. The number of carbonyl (C=O) groups is 2. The Balaban J connectivity index is 1.73. The zero-order valence-electron chi connectivity index (χ0n) is 16.3. The summed E-state index contributed by atoms with van der Waals surface area (Å²) in [4.78, 5) is 23.9. The molecule has 1 aliphatic carbocycles. The van der Waals surface area contributed by atoms with Crippen LogP contribution in [0.15, 0.2) is 35.4 Å². The van der Waals surface area contributed by atoms with Gasteiger partial charge in [-0.15, -0.1) is 0 Å². The average Bonchev–Trinajstić information content (AvgIpc) is 2.68. The van der Waals surface area contributed by atoms with Gasteiger partial charge in [0.15, 0.2) is 0 Å². The molecule has 1 aromatic rings. The van der Waals surface area contributed by atoms with Crippen LogP contribution in [0.4, 0.5) is 0 Å². The molecule has 0 spiro atoms.